The summed E-state index contributed by atoms with van der Waals surface area (Å²) >= 11 is 0. The minimum absolute atomic E-state index is 0.0371. The van der Waals surface area contributed by atoms with Crippen LogP contribution in [0.1, 0.15) is 57.9 Å². The van der Waals surface area contributed by atoms with E-state index >= 15 is 0 Å². The molecule has 0 bridgehead atoms. The van der Waals surface area contributed by atoms with Crippen LogP contribution in [0.5, 0.6) is 0 Å². The van der Waals surface area contributed by atoms with Gasteiger partial charge < -0.3 is 9.30 Å². The Hall–Kier alpha value is -2.41. The Balaban J connectivity index is 2.14. The Morgan fingerprint density at radius 3 is 2.31 bits per heavy atom. The summed E-state index contributed by atoms with van der Waals surface area (Å²) in [5.41, 5.74) is 3.12. The van der Waals surface area contributed by atoms with Gasteiger partial charge >= 0.3 is 5.97 Å². The molecular formula is C22H29NO5S. The highest BCUT2D eigenvalue weighted by Crippen LogP contribution is 2.19. The standard InChI is InChI=1S/C22H29NO5S/c1-14(2)9-10-23-16(4)11-20(17(23)5)21(24)13-28-22(25)19-12-18(29(6,26)27)8-7-15(19)3/h7-8,11-12,14H,9-10,13H2,1-6H3. The zero-order valence-electron chi connectivity index (χ0n) is 17.9. The molecule has 0 saturated heterocycles. The number of benzene rings is 1. The molecule has 0 aliphatic carbocycles. The number of sulfone groups is 1. The lowest BCUT2D eigenvalue weighted by atomic mass is 10.1. The van der Waals surface area contributed by atoms with Gasteiger partial charge in [-0.3, -0.25) is 4.79 Å². The highest BCUT2D eigenvalue weighted by molar-refractivity contribution is 7.90. The van der Waals surface area contributed by atoms with Crippen molar-refractivity contribution in [3.63, 3.8) is 0 Å². The molecule has 7 heteroatoms. The molecule has 158 valence electrons. The predicted molar refractivity (Wildman–Crippen MR) is 112 cm³/mol. The maximum atomic E-state index is 12.6. The third-order valence-corrected chi connectivity index (χ3v) is 6.11. The molecule has 0 aliphatic heterocycles. The van der Waals surface area contributed by atoms with Crippen molar-refractivity contribution < 1.29 is 22.7 Å². The van der Waals surface area contributed by atoms with E-state index in [1.807, 2.05) is 19.9 Å². The molecule has 1 heterocycles. The summed E-state index contributed by atoms with van der Waals surface area (Å²) in [5.74, 6) is -0.434. The van der Waals surface area contributed by atoms with Crippen molar-refractivity contribution in [2.75, 3.05) is 12.9 Å². The first-order valence-corrected chi connectivity index (χ1v) is 11.5. The number of hydrogen-bond donors (Lipinski definition) is 0. The predicted octanol–water partition coefficient (Wildman–Crippen LogP) is 3.90. The lowest BCUT2D eigenvalue weighted by molar-refractivity contribution is 0.0473. The maximum Gasteiger partial charge on any atom is 0.338 e. The molecule has 0 unspecified atom stereocenters. The molecule has 1 aromatic carbocycles. The van der Waals surface area contributed by atoms with Crippen molar-refractivity contribution in [1.29, 1.82) is 0 Å². The number of ketones is 1. The lowest BCUT2D eigenvalue weighted by Crippen LogP contribution is -2.16. The average molecular weight is 420 g/mol. The number of carbonyl (C=O) groups is 2. The summed E-state index contributed by atoms with van der Waals surface area (Å²) in [6.45, 7) is 10.3. The number of aromatic nitrogens is 1. The van der Waals surface area contributed by atoms with Gasteiger partial charge in [0.1, 0.15) is 0 Å². The van der Waals surface area contributed by atoms with Crippen LogP contribution in [-0.4, -0.2) is 37.6 Å². The van der Waals surface area contributed by atoms with Crippen LogP contribution in [0.25, 0.3) is 0 Å². The zero-order chi connectivity index (χ0) is 21.9. The second-order valence-corrected chi connectivity index (χ2v) is 9.88. The fourth-order valence-electron chi connectivity index (χ4n) is 3.15. The maximum absolute atomic E-state index is 12.6. The molecule has 0 amide bonds. The largest absolute Gasteiger partial charge is 0.454 e. The molecule has 6 nitrogen and oxygen atoms in total. The SMILES string of the molecule is Cc1ccc(S(C)(=O)=O)cc1C(=O)OCC(=O)c1cc(C)n(CCC(C)C)c1C. The van der Waals surface area contributed by atoms with E-state index in [2.05, 4.69) is 18.4 Å². The van der Waals surface area contributed by atoms with E-state index < -0.39 is 22.4 Å². The smallest absolute Gasteiger partial charge is 0.338 e. The van der Waals surface area contributed by atoms with Gasteiger partial charge in [0, 0.05) is 29.8 Å². The second kappa shape index (κ2) is 8.95. The van der Waals surface area contributed by atoms with Crippen LogP contribution in [0.15, 0.2) is 29.2 Å². The molecular weight excluding hydrogens is 390 g/mol. The van der Waals surface area contributed by atoms with Crippen molar-refractivity contribution in [2.24, 2.45) is 5.92 Å². The molecule has 2 aromatic rings. The normalized spacial score (nSPS) is 11.7. The molecule has 2 rings (SSSR count). The first kappa shape index (κ1) is 22.9. The highest BCUT2D eigenvalue weighted by atomic mass is 32.2. The third kappa shape index (κ3) is 5.56. The van der Waals surface area contributed by atoms with Gasteiger partial charge in [0.05, 0.1) is 10.5 Å². The van der Waals surface area contributed by atoms with Gasteiger partial charge in [-0.15, -0.1) is 0 Å². The van der Waals surface area contributed by atoms with Crippen LogP contribution in [0.3, 0.4) is 0 Å². The van der Waals surface area contributed by atoms with Gasteiger partial charge in [-0.2, -0.15) is 0 Å². The summed E-state index contributed by atoms with van der Waals surface area (Å²) in [4.78, 5) is 25.1. The van der Waals surface area contributed by atoms with E-state index in [1.165, 1.54) is 12.1 Å². The van der Waals surface area contributed by atoms with E-state index in [0.717, 1.165) is 30.6 Å². The Morgan fingerprint density at radius 1 is 1.07 bits per heavy atom. The van der Waals surface area contributed by atoms with Crippen LogP contribution in [0.2, 0.25) is 0 Å². The molecule has 0 saturated carbocycles. The summed E-state index contributed by atoms with van der Waals surface area (Å²) in [6.07, 6.45) is 2.08. The van der Waals surface area contributed by atoms with E-state index in [4.69, 9.17) is 4.74 Å². The van der Waals surface area contributed by atoms with Crippen LogP contribution in [-0.2, 0) is 21.1 Å². The highest BCUT2D eigenvalue weighted by Gasteiger charge is 2.20. The van der Waals surface area contributed by atoms with Crippen LogP contribution in [0, 0.1) is 26.7 Å². The van der Waals surface area contributed by atoms with E-state index in [-0.39, 0.29) is 16.2 Å². The zero-order valence-corrected chi connectivity index (χ0v) is 18.7. The van der Waals surface area contributed by atoms with Crippen molar-refractivity contribution in [1.82, 2.24) is 4.57 Å². The number of nitrogens with zero attached hydrogens (tertiary/aromatic N) is 1. The van der Waals surface area contributed by atoms with E-state index in [1.54, 1.807) is 13.0 Å². The van der Waals surface area contributed by atoms with Crippen molar-refractivity contribution >= 4 is 21.6 Å². The van der Waals surface area contributed by atoms with Crippen molar-refractivity contribution in [3.8, 4) is 0 Å². The monoisotopic (exact) mass is 419 g/mol. The summed E-state index contributed by atoms with van der Waals surface area (Å²) < 4.78 is 30.8. The molecule has 1 aromatic heterocycles. The minimum atomic E-state index is -3.45. The molecule has 0 radical (unpaired) electrons. The average Bonchev–Trinajstić information content (AvgIpc) is 2.91. The Bertz CT molecular complexity index is 1030. The lowest BCUT2D eigenvalue weighted by Gasteiger charge is -2.11. The summed E-state index contributed by atoms with van der Waals surface area (Å²) in [6, 6.07) is 6.10. The van der Waals surface area contributed by atoms with Gasteiger partial charge in [0.25, 0.3) is 0 Å². The van der Waals surface area contributed by atoms with Gasteiger partial charge in [-0.1, -0.05) is 19.9 Å². The number of esters is 1. The molecule has 0 atom stereocenters. The number of ether oxygens (including phenoxy) is 1. The topological polar surface area (TPSA) is 82.4 Å². The molecule has 29 heavy (non-hydrogen) atoms. The Morgan fingerprint density at radius 2 is 1.72 bits per heavy atom. The van der Waals surface area contributed by atoms with Gasteiger partial charge in [0.15, 0.2) is 16.4 Å². The fourth-order valence-corrected chi connectivity index (χ4v) is 3.80. The van der Waals surface area contributed by atoms with Gasteiger partial charge in [-0.05, 0) is 56.9 Å². The molecule has 0 spiro atoms. The van der Waals surface area contributed by atoms with E-state index in [9.17, 15) is 18.0 Å². The Labute approximate surface area is 172 Å². The second-order valence-electron chi connectivity index (χ2n) is 7.87. The summed E-state index contributed by atoms with van der Waals surface area (Å²) in [5, 5.41) is 0. The van der Waals surface area contributed by atoms with Crippen LogP contribution in [0.4, 0.5) is 0 Å². The van der Waals surface area contributed by atoms with Gasteiger partial charge in [-0.25, -0.2) is 13.2 Å². The van der Waals surface area contributed by atoms with Gasteiger partial charge in [0.2, 0.25) is 5.78 Å². The Kier molecular flexibility index (Phi) is 7.06. The van der Waals surface area contributed by atoms with E-state index in [0.29, 0.717) is 17.0 Å². The third-order valence-electron chi connectivity index (χ3n) is 5.00. The fraction of sp³-hybridized carbons (Fsp3) is 0.455. The number of aryl methyl sites for hydroxylation is 2. The number of Topliss-reactive ketones (excluding diaryl/α,β-unsaturated/α-hetero) is 1. The summed E-state index contributed by atoms with van der Waals surface area (Å²) in [7, 11) is -3.45. The first-order valence-electron chi connectivity index (χ1n) is 9.59. The molecule has 0 aliphatic rings. The molecule has 0 N–H and O–H groups in total. The number of carbonyl (C=O) groups excluding carboxylic acids is 2. The molecule has 0 fully saturated rings. The quantitative estimate of drug-likeness (QED) is 0.479. The number of rotatable bonds is 8. The van der Waals surface area contributed by atoms with Crippen LogP contribution < -0.4 is 0 Å². The van der Waals surface area contributed by atoms with Crippen LogP contribution >= 0.6 is 0 Å². The number of hydrogen-bond acceptors (Lipinski definition) is 5. The van der Waals surface area contributed by atoms with Crippen molar-refractivity contribution in [3.05, 3.63) is 52.3 Å². The first-order chi connectivity index (χ1) is 13.4. The minimum Gasteiger partial charge on any atom is -0.454 e. The van der Waals surface area contributed by atoms with Crippen molar-refractivity contribution in [2.45, 2.75) is 52.5 Å².